The van der Waals surface area contributed by atoms with Crippen molar-refractivity contribution in [1.29, 1.82) is 0 Å². The standard InChI is InChI=1S/C18H15BrN2O2S/c1-11-2-8-14(9-3-11)20-16(22)15-10-24-17(21(15)18(20)23)12-4-6-13(19)7-5-12/h2-9,15,17H,10H2,1H3/t15-,17?/m0/s1. The summed E-state index contributed by atoms with van der Waals surface area (Å²) in [6, 6.07) is 14.8. The van der Waals surface area contributed by atoms with Crippen LogP contribution in [0.25, 0.3) is 0 Å². The molecule has 0 N–H and O–H groups in total. The van der Waals surface area contributed by atoms with E-state index in [0.29, 0.717) is 11.4 Å². The lowest BCUT2D eigenvalue weighted by molar-refractivity contribution is -0.119. The number of nitrogens with zero attached hydrogens (tertiary/aromatic N) is 2. The maximum atomic E-state index is 12.9. The van der Waals surface area contributed by atoms with E-state index in [2.05, 4.69) is 15.9 Å². The lowest BCUT2D eigenvalue weighted by Crippen LogP contribution is -2.33. The SMILES string of the molecule is Cc1ccc(N2C(=O)[C@@H]3CSC(c4ccc(Br)cc4)N3C2=O)cc1. The molecule has 2 aliphatic rings. The molecule has 2 aromatic rings. The zero-order valence-electron chi connectivity index (χ0n) is 13.0. The molecular weight excluding hydrogens is 388 g/mol. The van der Waals surface area contributed by atoms with Crippen LogP contribution in [0, 0.1) is 6.92 Å². The Labute approximate surface area is 152 Å². The van der Waals surface area contributed by atoms with Crippen molar-refractivity contribution in [2.24, 2.45) is 0 Å². The number of benzene rings is 2. The van der Waals surface area contributed by atoms with E-state index in [1.165, 1.54) is 4.90 Å². The van der Waals surface area contributed by atoms with Crippen LogP contribution < -0.4 is 4.90 Å². The third-order valence-electron chi connectivity index (χ3n) is 4.37. The first-order valence-corrected chi connectivity index (χ1v) is 9.50. The van der Waals surface area contributed by atoms with Crippen molar-refractivity contribution < 1.29 is 9.59 Å². The molecule has 1 unspecified atom stereocenters. The molecule has 2 heterocycles. The number of fused-ring (bicyclic) bond motifs is 1. The lowest BCUT2D eigenvalue weighted by atomic mass is 10.2. The average Bonchev–Trinajstić information content (AvgIpc) is 3.11. The minimum absolute atomic E-state index is 0.116. The van der Waals surface area contributed by atoms with Crippen molar-refractivity contribution in [1.82, 2.24) is 4.90 Å². The number of carbonyl (C=O) groups is 2. The van der Waals surface area contributed by atoms with Crippen LogP contribution in [-0.2, 0) is 4.79 Å². The predicted molar refractivity (Wildman–Crippen MR) is 99.0 cm³/mol. The molecule has 4 nitrogen and oxygen atoms in total. The minimum atomic E-state index is -0.377. The molecular formula is C18H15BrN2O2S. The van der Waals surface area contributed by atoms with Crippen LogP contribution in [0.4, 0.5) is 10.5 Å². The number of hydrogen-bond donors (Lipinski definition) is 0. The predicted octanol–water partition coefficient (Wildman–Crippen LogP) is 4.34. The number of anilines is 1. The summed E-state index contributed by atoms with van der Waals surface area (Å²) in [5.74, 6) is 0.504. The molecule has 0 bridgehead atoms. The molecule has 0 aliphatic carbocycles. The van der Waals surface area contributed by atoms with Crippen molar-refractivity contribution in [2.45, 2.75) is 18.3 Å². The summed E-state index contributed by atoms with van der Waals surface area (Å²) < 4.78 is 0.996. The molecule has 24 heavy (non-hydrogen) atoms. The van der Waals surface area contributed by atoms with Gasteiger partial charge in [-0.25, -0.2) is 9.69 Å². The van der Waals surface area contributed by atoms with Crippen molar-refractivity contribution in [3.8, 4) is 0 Å². The smallest absolute Gasteiger partial charge is 0.295 e. The molecule has 2 aromatic carbocycles. The van der Waals surface area contributed by atoms with Gasteiger partial charge in [0.15, 0.2) is 0 Å². The van der Waals surface area contributed by atoms with E-state index in [-0.39, 0.29) is 23.4 Å². The van der Waals surface area contributed by atoms with Gasteiger partial charge in [-0.3, -0.25) is 9.69 Å². The summed E-state index contributed by atoms with van der Waals surface area (Å²) >= 11 is 5.07. The Morgan fingerprint density at radius 3 is 2.38 bits per heavy atom. The second-order valence-electron chi connectivity index (χ2n) is 5.95. The van der Waals surface area contributed by atoms with Crippen LogP contribution in [0.1, 0.15) is 16.5 Å². The fourth-order valence-corrected chi connectivity index (χ4v) is 4.78. The maximum absolute atomic E-state index is 12.9. The highest BCUT2D eigenvalue weighted by atomic mass is 79.9. The van der Waals surface area contributed by atoms with E-state index >= 15 is 0 Å². The van der Waals surface area contributed by atoms with Gasteiger partial charge in [0.1, 0.15) is 11.4 Å². The second kappa shape index (κ2) is 5.93. The van der Waals surface area contributed by atoms with Crippen molar-refractivity contribution in [3.63, 3.8) is 0 Å². The van der Waals surface area contributed by atoms with Gasteiger partial charge in [0.2, 0.25) is 0 Å². The number of carbonyl (C=O) groups excluding carboxylic acids is 2. The quantitative estimate of drug-likeness (QED) is 0.701. The Balaban J connectivity index is 1.67. The van der Waals surface area contributed by atoms with Crippen molar-refractivity contribution >= 4 is 45.3 Å². The fourth-order valence-electron chi connectivity index (χ4n) is 3.10. The molecule has 122 valence electrons. The molecule has 0 aromatic heterocycles. The summed E-state index contributed by atoms with van der Waals surface area (Å²) in [7, 11) is 0. The first-order chi connectivity index (χ1) is 11.6. The summed E-state index contributed by atoms with van der Waals surface area (Å²) in [5.41, 5.74) is 2.78. The van der Waals surface area contributed by atoms with Crippen LogP contribution in [0.5, 0.6) is 0 Å². The summed E-state index contributed by atoms with van der Waals surface area (Å²) in [6.07, 6.45) is 0. The number of rotatable bonds is 2. The zero-order chi connectivity index (χ0) is 16.8. The van der Waals surface area contributed by atoms with Gasteiger partial charge in [-0.2, -0.15) is 0 Å². The molecule has 2 aliphatic heterocycles. The van der Waals surface area contributed by atoms with Gasteiger partial charge in [0.05, 0.1) is 5.69 Å². The van der Waals surface area contributed by atoms with E-state index in [4.69, 9.17) is 0 Å². The summed E-state index contributed by atoms with van der Waals surface area (Å²) in [5, 5.41) is -0.116. The molecule has 2 fully saturated rings. The molecule has 0 radical (unpaired) electrons. The van der Waals surface area contributed by atoms with Gasteiger partial charge >= 0.3 is 6.03 Å². The Morgan fingerprint density at radius 2 is 1.71 bits per heavy atom. The highest BCUT2D eigenvalue weighted by Gasteiger charge is 2.53. The van der Waals surface area contributed by atoms with E-state index in [1.54, 1.807) is 16.7 Å². The number of imide groups is 1. The molecule has 2 atom stereocenters. The zero-order valence-corrected chi connectivity index (χ0v) is 15.4. The normalized spacial score (nSPS) is 23.1. The van der Waals surface area contributed by atoms with E-state index in [0.717, 1.165) is 15.6 Å². The van der Waals surface area contributed by atoms with Crippen molar-refractivity contribution in [3.05, 3.63) is 64.1 Å². The average molecular weight is 403 g/mol. The summed E-state index contributed by atoms with van der Waals surface area (Å²) in [4.78, 5) is 28.7. The van der Waals surface area contributed by atoms with Crippen LogP contribution in [0.3, 0.4) is 0 Å². The molecule has 0 spiro atoms. The van der Waals surface area contributed by atoms with Gasteiger partial charge in [0.25, 0.3) is 5.91 Å². The molecule has 2 saturated heterocycles. The first kappa shape index (κ1) is 15.7. The third-order valence-corrected chi connectivity index (χ3v) is 6.22. The Kier molecular flexibility index (Phi) is 3.89. The first-order valence-electron chi connectivity index (χ1n) is 7.66. The van der Waals surface area contributed by atoms with Crippen LogP contribution in [-0.4, -0.2) is 28.6 Å². The van der Waals surface area contributed by atoms with Crippen molar-refractivity contribution in [2.75, 3.05) is 10.7 Å². The van der Waals surface area contributed by atoms with Gasteiger partial charge < -0.3 is 0 Å². The van der Waals surface area contributed by atoms with Gasteiger partial charge in [-0.15, -0.1) is 11.8 Å². The molecule has 4 rings (SSSR count). The fraction of sp³-hybridized carbons (Fsp3) is 0.222. The lowest BCUT2D eigenvalue weighted by Gasteiger charge is -2.23. The van der Waals surface area contributed by atoms with E-state index in [9.17, 15) is 9.59 Å². The number of urea groups is 1. The van der Waals surface area contributed by atoms with E-state index < -0.39 is 0 Å². The third kappa shape index (κ3) is 2.45. The van der Waals surface area contributed by atoms with Crippen LogP contribution in [0.2, 0.25) is 0 Å². The number of halogens is 1. The topological polar surface area (TPSA) is 40.6 Å². The number of thioether (sulfide) groups is 1. The molecule has 0 saturated carbocycles. The van der Waals surface area contributed by atoms with Crippen LogP contribution >= 0.6 is 27.7 Å². The maximum Gasteiger partial charge on any atom is 0.333 e. The summed E-state index contributed by atoms with van der Waals surface area (Å²) in [6.45, 7) is 1.98. The minimum Gasteiger partial charge on any atom is -0.295 e. The molecule has 6 heteroatoms. The highest BCUT2D eigenvalue weighted by Crippen LogP contribution is 2.46. The van der Waals surface area contributed by atoms with E-state index in [1.807, 2.05) is 55.5 Å². The Morgan fingerprint density at radius 1 is 1.04 bits per heavy atom. The van der Waals surface area contributed by atoms with Gasteiger partial charge in [-0.05, 0) is 36.8 Å². The second-order valence-corrected chi connectivity index (χ2v) is 7.98. The monoisotopic (exact) mass is 402 g/mol. The largest absolute Gasteiger partial charge is 0.333 e. The Bertz CT molecular complexity index is 807. The van der Waals surface area contributed by atoms with Gasteiger partial charge in [0, 0.05) is 10.2 Å². The number of amides is 3. The van der Waals surface area contributed by atoms with Gasteiger partial charge in [-0.1, -0.05) is 45.8 Å². The molecule has 3 amide bonds. The Hall–Kier alpha value is -1.79. The number of aryl methyl sites for hydroxylation is 1. The highest BCUT2D eigenvalue weighted by molar-refractivity contribution is 9.10. The number of hydrogen-bond acceptors (Lipinski definition) is 3. The van der Waals surface area contributed by atoms with Crippen LogP contribution in [0.15, 0.2) is 53.0 Å².